The van der Waals surface area contributed by atoms with Gasteiger partial charge in [-0.05, 0) is 57.0 Å². The Bertz CT molecular complexity index is 519. The number of likely N-dealkylation sites (tertiary alicyclic amines) is 1. The molecule has 1 saturated heterocycles. The van der Waals surface area contributed by atoms with Crippen molar-refractivity contribution in [3.05, 3.63) is 23.8 Å². The zero-order valence-corrected chi connectivity index (χ0v) is 14.4. The number of methoxy groups -OCH3 is 2. The number of carbonyl (C=O) groups excluding carboxylic acids is 1. The highest BCUT2D eigenvalue weighted by Gasteiger charge is 2.23. The van der Waals surface area contributed by atoms with Gasteiger partial charge < -0.3 is 19.7 Å². The van der Waals surface area contributed by atoms with Crippen molar-refractivity contribution >= 4 is 5.91 Å². The molecule has 1 aliphatic heterocycles. The number of hydrogen-bond donors (Lipinski definition) is 1. The molecule has 1 amide bonds. The van der Waals surface area contributed by atoms with Gasteiger partial charge in [-0.25, -0.2) is 0 Å². The predicted molar refractivity (Wildman–Crippen MR) is 91.1 cm³/mol. The number of rotatable bonds is 7. The first-order chi connectivity index (χ1) is 11.1. The molecule has 1 N–H and O–H groups in total. The molecule has 0 spiro atoms. The highest BCUT2D eigenvalue weighted by Crippen LogP contribution is 2.27. The van der Waals surface area contributed by atoms with Crippen LogP contribution in [0, 0.1) is 5.92 Å². The molecule has 23 heavy (non-hydrogen) atoms. The molecule has 1 aliphatic rings. The fourth-order valence-electron chi connectivity index (χ4n) is 3.06. The van der Waals surface area contributed by atoms with Crippen LogP contribution in [0.25, 0.3) is 0 Å². The molecule has 0 aromatic heterocycles. The van der Waals surface area contributed by atoms with Crippen LogP contribution in [0.2, 0.25) is 0 Å². The average molecular weight is 320 g/mol. The van der Waals surface area contributed by atoms with E-state index < -0.39 is 0 Å². The normalized spacial score (nSPS) is 18.5. The zero-order valence-electron chi connectivity index (χ0n) is 14.4. The number of hydrogen-bond acceptors (Lipinski definition) is 4. The molecule has 5 nitrogen and oxygen atoms in total. The number of nitrogens with zero attached hydrogens (tertiary/aromatic N) is 1. The number of carbonyl (C=O) groups is 1. The van der Waals surface area contributed by atoms with Crippen LogP contribution in [0.4, 0.5) is 0 Å². The van der Waals surface area contributed by atoms with Gasteiger partial charge in [0.1, 0.15) is 0 Å². The highest BCUT2D eigenvalue weighted by molar-refractivity contribution is 5.78. The Balaban J connectivity index is 1.73. The second-order valence-corrected chi connectivity index (χ2v) is 6.19. The van der Waals surface area contributed by atoms with Gasteiger partial charge in [-0.1, -0.05) is 6.07 Å². The summed E-state index contributed by atoms with van der Waals surface area (Å²) < 4.78 is 10.5. The van der Waals surface area contributed by atoms with Gasteiger partial charge in [0.05, 0.1) is 20.1 Å². The summed E-state index contributed by atoms with van der Waals surface area (Å²) in [5, 5.41) is 3.07. The van der Waals surface area contributed by atoms with Crippen molar-refractivity contribution in [2.45, 2.75) is 25.7 Å². The van der Waals surface area contributed by atoms with Crippen LogP contribution < -0.4 is 14.8 Å². The van der Waals surface area contributed by atoms with E-state index in [2.05, 4.69) is 17.3 Å². The molecule has 0 aliphatic carbocycles. The lowest BCUT2D eigenvalue weighted by molar-refractivity contribution is -0.126. The molecular formula is C18H28N2O3. The molecule has 0 radical (unpaired) electrons. The van der Waals surface area contributed by atoms with Gasteiger partial charge in [0, 0.05) is 13.1 Å². The Labute approximate surface area is 139 Å². The zero-order chi connectivity index (χ0) is 16.7. The van der Waals surface area contributed by atoms with Crippen LogP contribution in [0.15, 0.2) is 18.2 Å². The van der Waals surface area contributed by atoms with Crippen molar-refractivity contribution in [3.8, 4) is 11.5 Å². The smallest absolute Gasteiger partial charge is 0.224 e. The van der Waals surface area contributed by atoms with Crippen molar-refractivity contribution in [2.24, 2.45) is 5.92 Å². The van der Waals surface area contributed by atoms with Gasteiger partial charge >= 0.3 is 0 Å². The molecule has 1 aromatic carbocycles. The summed E-state index contributed by atoms with van der Waals surface area (Å²) in [6, 6.07) is 5.96. The Hall–Kier alpha value is -1.75. The minimum Gasteiger partial charge on any atom is -0.493 e. The van der Waals surface area contributed by atoms with Gasteiger partial charge in [-0.15, -0.1) is 0 Å². The Morgan fingerprint density at radius 1 is 1.30 bits per heavy atom. The molecule has 0 saturated carbocycles. The predicted octanol–water partition coefficient (Wildman–Crippen LogP) is 2.09. The maximum atomic E-state index is 12.2. The Morgan fingerprint density at radius 2 is 2.09 bits per heavy atom. The number of benzene rings is 1. The van der Waals surface area contributed by atoms with E-state index in [-0.39, 0.29) is 11.8 Å². The number of piperidine rings is 1. The lowest BCUT2D eigenvalue weighted by atomic mass is 9.97. The molecule has 1 fully saturated rings. The van der Waals surface area contributed by atoms with E-state index in [9.17, 15) is 4.79 Å². The van der Waals surface area contributed by atoms with Crippen LogP contribution in [-0.2, 0) is 11.2 Å². The van der Waals surface area contributed by atoms with Crippen molar-refractivity contribution in [3.63, 3.8) is 0 Å². The van der Waals surface area contributed by atoms with E-state index in [4.69, 9.17) is 9.47 Å². The van der Waals surface area contributed by atoms with E-state index in [0.29, 0.717) is 6.54 Å². The molecule has 2 rings (SSSR count). The standard InChI is InChI=1S/C18H28N2O3/c1-20-11-5-7-15(13-20)18(21)19-10-4-6-14-8-9-16(22-2)17(12-14)23-3/h8-9,12,15H,4-7,10-11,13H2,1-3H3,(H,19,21)/t15-/m1/s1. The van der Waals surface area contributed by atoms with Crippen LogP contribution in [-0.4, -0.2) is 51.7 Å². The van der Waals surface area contributed by atoms with E-state index in [1.165, 1.54) is 5.56 Å². The molecule has 0 bridgehead atoms. The maximum absolute atomic E-state index is 12.2. The van der Waals surface area contributed by atoms with Crippen LogP contribution >= 0.6 is 0 Å². The molecule has 0 unspecified atom stereocenters. The number of amides is 1. The quantitative estimate of drug-likeness (QED) is 0.782. The summed E-state index contributed by atoms with van der Waals surface area (Å²) in [6.07, 6.45) is 3.95. The summed E-state index contributed by atoms with van der Waals surface area (Å²) in [5.41, 5.74) is 1.19. The lowest BCUT2D eigenvalue weighted by Crippen LogP contribution is -2.41. The van der Waals surface area contributed by atoms with Crippen molar-refractivity contribution < 1.29 is 14.3 Å². The first-order valence-corrected chi connectivity index (χ1v) is 8.31. The van der Waals surface area contributed by atoms with Gasteiger partial charge in [-0.3, -0.25) is 4.79 Å². The summed E-state index contributed by atoms with van der Waals surface area (Å²) >= 11 is 0. The number of ether oxygens (including phenoxy) is 2. The van der Waals surface area contributed by atoms with E-state index in [0.717, 1.165) is 50.3 Å². The van der Waals surface area contributed by atoms with Crippen molar-refractivity contribution in [1.29, 1.82) is 0 Å². The van der Waals surface area contributed by atoms with Gasteiger partial charge in [-0.2, -0.15) is 0 Å². The van der Waals surface area contributed by atoms with Crippen molar-refractivity contribution in [2.75, 3.05) is 40.9 Å². The molecule has 128 valence electrons. The van der Waals surface area contributed by atoms with Gasteiger partial charge in [0.15, 0.2) is 11.5 Å². The molecular weight excluding hydrogens is 292 g/mol. The monoisotopic (exact) mass is 320 g/mol. The fraction of sp³-hybridized carbons (Fsp3) is 0.611. The van der Waals surface area contributed by atoms with E-state index >= 15 is 0 Å². The minimum absolute atomic E-state index is 0.148. The Morgan fingerprint density at radius 3 is 2.78 bits per heavy atom. The highest BCUT2D eigenvalue weighted by atomic mass is 16.5. The second kappa shape index (κ2) is 8.77. The maximum Gasteiger partial charge on any atom is 0.224 e. The molecule has 1 aromatic rings. The molecule has 1 atom stereocenters. The van der Waals surface area contributed by atoms with E-state index in [1.807, 2.05) is 18.2 Å². The van der Waals surface area contributed by atoms with E-state index in [1.54, 1.807) is 14.2 Å². The minimum atomic E-state index is 0.148. The van der Waals surface area contributed by atoms with Crippen LogP contribution in [0.1, 0.15) is 24.8 Å². The third-order valence-corrected chi connectivity index (χ3v) is 4.38. The van der Waals surface area contributed by atoms with Gasteiger partial charge in [0.2, 0.25) is 5.91 Å². The first kappa shape index (κ1) is 17.6. The number of aryl methyl sites for hydroxylation is 1. The van der Waals surface area contributed by atoms with Gasteiger partial charge in [0.25, 0.3) is 0 Å². The lowest BCUT2D eigenvalue weighted by Gasteiger charge is -2.28. The largest absolute Gasteiger partial charge is 0.493 e. The number of nitrogens with one attached hydrogen (secondary N) is 1. The summed E-state index contributed by atoms with van der Waals surface area (Å²) in [7, 11) is 5.36. The molecule has 5 heteroatoms. The van der Waals surface area contributed by atoms with Crippen molar-refractivity contribution in [1.82, 2.24) is 10.2 Å². The summed E-state index contributed by atoms with van der Waals surface area (Å²) in [5.74, 6) is 1.84. The third kappa shape index (κ3) is 5.13. The van der Waals surface area contributed by atoms with Crippen LogP contribution in [0.3, 0.4) is 0 Å². The third-order valence-electron chi connectivity index (χ3n) is 4.38. The topological polar surface area (TPSA) is 50.8 Å². The molecule has 1 heterocycles. The second-order valence-electron chi connectivity index (χ2n) is 6.19. The van der Waals surface area contributed by atoms with Crippen LogP contribution in [0.5, 0.6) is 11.5 Å². The summed E-state index contributed by atoms with van der Waals surface area (Å²) in [6.45, 7) is 2.69. The SMILES string of the molecule is COc1ccc(CCCNC(=O)[C@@H]2CCCN(C)C2)cc1OC. The summed E-state index contributed by atoms with van der Waals surface area (Å²) in [4.78, 5) is 14.4. The average Bonchev–Trinajstić information content (AvgIpc) is 2.58. The Kier molecular flexibility index (Phi) is 6.71. The first-order valence-electron chi connectivity index (χ1n) is 8.31. The fourth-order valence-corrected chi connectivity index (χ4v) is 3.06.